The molecule has 6 aromatic rings. The van der Waals surface area contributed by atoms with Crippen LogP contribution in [0.1, 0.15) is 61.6 Å². The van der Waals surface area contributed by atoms with Crippen LogP contribution in [-0.4, -0.2) is 84.1 Å². The van der Waals surface area contributed by atoms with E-state index >= 15 is 0 Å². The fourth-order valence-electron chi connectivity index (χ4n) is 8.07. The Morgan fingerprint density at radius 3 is 2.43 bits per heavy atom. The van der Waals surface area contributed by atoms with Crippen molar-refractivity contribution in [2.24, 2.45) is 7.05 Å². The van der Waals surface area contributed by atoms with E-state index in [-0.39, 0.29) is 41.3 Å². The van der Waals surface area contributed by atoms with Crippen LogP contribution in [0.5, 0.6) is 23.0 Å². The first-order valence-corrected chi connectivity index (χ1v) is 23.6. The molecule has 1 aliphatic carbocycles. The number of ether oxygens (including phenoxy) is 4. The fourth-order valence-corrected chi connectivity index (χ4v) is 8.91. The molecule has 3 N–H and O–H groups in total. The van der Waals surface area contributed by atoms with E-state index in [0.29, 0.717) is 74.5 Å². The summed E-state index contributed by atoms with van der Waals surface area (Å²) in [7, 11) is -1.89. The SMILES string of the molecule is CCS(=O)(=O)Nc1ccc(Oc2cccc(OCCOC3CCN(c4cnc(C(=O)N[C@H]5CC[C@H](Oc6ccc(C#N)c(Cl)c6)CC5)nc4)CC3)c2)c(-c2cn(C)c(=O)c3[nH]ccc23)c1. The highest BCUT2D eigenvalue weighted by Gasteiger charge is 2.26. The van der Waals surface area contributed by atoms with Crippen molar-refractivity contribution >= 4 is 49.8 Å². The number of anilines is 2. The number of aromatic nitrogens is 4. The summed E-state index contributed by atoms with van der Waals surface area (Å²) in [5.41, 5.74) is 3.13. The number of hydrogen-bond acceptors (Lipinski definition) is 12. The molecule has 2 aliphatic rings. The highest BCUT2D eigenvalue weighted by atomic mass is 35.5. The standard InChI is InChI=1S/C47H49ClN8O8S/c1-3-65(59,60)54-32-10-14-43(40(23-32)41-29-55(2)47(58)44-39(41)15-18-50-44)64-37-6-4-5-36(24-37)62-22-21-61-34-16-19-56(20-17-34)33-27-51-45(52-28-33)46(57)53-31-8-12-35(13-9-31)63-38-11-7-30(26-49)42(48)25-38/h4-7,10-11,14-15,18,23-25,27-29,31,34-35,50,54H,3,8-9,12-13,16-17,19-22H2,1-2H3,(H,53,57)/t31-,35-. The van der Waals surface area contributed by atoms with Gasteiger partial charge in [0.2, 0.25) is 15.8 Å². The van der Waals surface area contributed by atoms with Crippen LogP contribution < -0.4 is 34.7 Å². The molecular weight excluding hydrogens is 872 g/mol. The first-order chi connectivity index (χ1) is 31.4. The molecule has 0 unspecified atom stereocenters. The maximum absolute atomic E-state index is 13.0. The Morgan fingerprint density at radius 2 is 1.69 bits per heavy atom. The number of H-pyrrole nitrogens is 1. The number of benzene rings is 3. The molecule has 3 aromatic heterocycles. The number of aromatic amines is 1. The summed E-state index contributed by atoms with van der Waals surface area (Å²) in [4.78, 5) is 39.8. The number of nitrogens with one attached hydrogen (secondary N) is 3. The number of nitriles is 1. The molecule has 8 rings (SSSR count). The van der Waals surface area contributed by atoms with Crippen LogP contribution in [0.3, 0.4) is 0 Å². The first kappa shape index (κ1) is 45.0. The molecule has 4 heterocycles. The van der Waals surface area contributed by atoms with Gasteiger partial charge in [0.05, 0.1) is 53.2 Å². The van der Waals surface area contributed by atoms with Crippen molar-refractivity contribution in [3.63, 3.8) is 0 Å². The van der Waals surface area contributed by atoms with Crippen molar-refractivity contribution in [3.8, 4) is 40.2 Å². The number of hydrogen-bond donors (Lipinski definition) is 3. The molecule has 0 radical (unpaired) electrons. The van der Waals surface area contributed by atoms with Crippen LogP contribution in [-0.2, 0) is 21.8 Å². The zero-order valence-electron chi connectivity index (χ0n) is 36.0. The van der Waals surface area contributed by atoms with Crippen molar-refractivity contribution in [3.05, 3.63) is 118 Å². The molecule has 338 valence electrons. The molecule has 3 aromatic carbocycles. The van der Waals surface area contributed by atoms with Gasteiger partial charge in [0.25, 0.3) is 11.5 Å². The number of carbonyl (C=O) groups is 1. The number of piperidine rings is 1. The Hall–Kier alpha value is -6.61. The van der Waals surface area contributed by atoms with Crippen LogP contribution in [0, 0.1) is 11.3 Å². The van der Waals surface area contributed by atoms with Gasteiger partial charge in [-0.05, 0) is 94.0 Å². The molecule has 65 heavy (non-hydrogen) atoms. The van der Waals surface area contributed by atoms with Crippen molar-refractivity contribution in [2.75, 3.05) is 41.7 Å². The second-order valence-corrected chi connectivity index (χ2v) is 18.4. The van der Waals surface area contributed by atoms with Crippen molar-refractivity contribution in [2.45, 2.75) is 63.7 Å². The summed E-state index contributed by atoms with van der Waals surface area (Å²) < 4.78 is 53.7. The molecule has 0 atom stereocenters. The van der Waals surface area contributed by atoms with Crippen molar-refractivity contribution < 1.29 is 32.2 Å². The third-order valence-electron chi connectivity index (χ3n) is 11.6. The lowest BCUT2D eigenvalue weighted by molar-refractivity contribution is 0.0202. The van der Waals surface area contributed by atoms with Gasteiger partial charge in [-0.1, -0.05) is 17.7 Å². The van der Waals surface area contributed by atoms with E-state index in [4.69, 9.17) is 35.8 Å². The molecule has 0 spiro atoms. The molecule has 18 heteroatoms. The smallest absolute Gasteiger partial charge is 0.289 e. The summed E-state index contributed by atoms with van der Waals surface area (Å²) in [6.45, 7) is 3.78. The lowest BCUT2D eigenvalue weighted by Gasteiger charge is -2.33. The molecule has 1 saturated heterocycles. The largest absolute Gasteiger partial charge is 0.491 e. The quantitative estimate of drug-likeness (QED) is 0.0805. The Morgan fingerprint density at radius 1 is 0.923 bits per heavy atom. The van der Waals surface area contributed by atoms with Gasteiger partial charge in [0.1, 0.15) is 41.2 Å². The van der Waals surface area contributed by atoms with E-state index in [1.54, 1.807) is 93.4 Å². The second kappa shape index (κ2) is 20.1. The van der Waals surface area contributed by atoms with Crippen LogP contribution >= 0.6 is 11.6 Å². The molecule has 1 saturated carbocycles. The minimum atomic E-state index is -3.55. The lowest BCUT2D eigenvalue weighted by atomic mass is 9.93. The number of amides is 1. The third kappa shape index (κ3) is 11.0. The van der Waals surface area contributed by atoms with Gasteiger partial charge in [-0.25, -0.2) is 18.4 Å². The number of fused-ring (bicyclic) bond motifs is 1. The molecule has 1 amide bonds. The van der Waals surface area contributed by atoms with E-state index in [2.05, 4.69) is 29.9 Å². The Labute approximate surface area is 381 Å². The lowest BCUT2D eigenvalue weighted by Crippen LogP contribution is -2.40. The van der Waals surface area contributed by atoms with Gasteiger partial charge in [0.15, 0.2) is 0 Å². The van der Waals surface area contributed by atoms with E-state index in [1.165, 1.54) is 4.57 Å². The number of pyridine rings is 1. The fraction of sp³-hybridized carbons (Fsp3) is 0.340. The van der Waals surface area contributed by atoms with Gasteiger partial charge in [-0.15, -0.1) is 0 Å². The number of halogens is 1. The van der Waals surface area contributed by atoms with Gasteiger partial charge < -0.3 is 38.7 Å². The summed E-state index contributed by atoms with van der Waals surface area (Å²) in [5, 5.41) is 13.2. The minimum absolute atomic E-state index is 0.000706. The van der Waals surface area contributed by atoms with Gasteiger partial charge >= 0.3 is 0 Å². The maximum Gasteiger partial charge on any atom is 0.289 e. The van der Waals surface area contributed by atoms with E-state index in [9.17, 15) is 18.0 Å². The Kier molecular flexibility index (Phi) is 13.9. The number of rotatable bonds is 16. The molecular formula is C47H49ClN8O8S. The van der Waals surface area contributed by atoms with E-state index in [0.717, 1.165) is 57.3 Å². The average molecular weight is 921 g/mol. The maximum atomic E-state index is 13.0. The van der Waals surface area contributed by atoms with Crippen molar-refractivity contribution in [1.82, 2.24) is 24.8 Å². The normalized spacial score (nSPS) is 16.7. The summed E-state index contributed by atoms with van der Waals surface area (Å²) >= 11 is 6.15. The summed E-state index contributed by atoms with van der Waals surface area (Å²) in [5.74, 6) is 1.92. The zero-order chi connectivity index (χ0) is 45.5. The number of aryl methyl sites for hydroxylation is 1. The van der Waals surface area contributed by atoms with Crippen LogP contribution in [0.25, 0.3) is 22.0 Å². The highest BCUT2D eigenvalue weighted by Crippen LogP contribution is 2.39. The predicted molar refractivity (Wildman–Crippen MR) is 248 cm³/mol. The van der Waals surface area contributed by atoms with Gasteiger partial charge in [0, 0.05) is 72.9 Å². The van der Waals surface area contributed by atoms with Gasteiger partial charge in [-0.2, -0.15) is 5.26 Å². The minimum Gasteiger partial charge on any atom is -0.491 e. The van der Waals surface area contributed by atoms with Crippen LogP contribution in [0.4, 0.5) is 11.4 Å². The number of sulfonamides is 1. The van der Waals surface area contributed by atoms with Crippen LogP contribution in [0.15, 0.2) is 96.3 Å². The molecule has 0 bridgehead atoms. The number of carbonyl (C=O) groups excluding carboxylic acids is 1. The average Bonchev–Trinajstić information content (AvgIpc) is 3.81. The first-order valence-electron chi connectivity index (χ1n) is 21.5. The monoisotopic (exact) mass is 920 g/mol. The Bertz CT molecular complexity index is 2870. The number of nitrogens with zero attached hydrogens (tertiary/aromatic N) is 5. The van der Waals surface area contributed by atoms with Crippen LogP contribution in [0.2, 0.25) is 5.02 Å². The Balaban J connectivity index is 0.787. The van der Waals surface area contributed by atoms with E-state index in [1.807, 2.05) is 18.2 Å². The zero-order valence-corrected chi connectivity index (χ0v) is 37.5. The van der Waals surface area contributed by atoms with E-state index < -0.39 is 10.0 Å². The highest BCUT2D eigenvalue weighted by molar-refractivity contribution is 7.92. The summed E-state index contributed by atoms with van der Waals surface area (Å²) in [6, 6.07) is 21.2. The third-order valence-corrected chi connectivity index (χ3v) is 13.2. The second-order valence-electron chi connectivity index (χ2n) is 16.0. The van der Waals surface area contributed by atoms with Gasteiger partial charge in [-0.3, -0.25) is 14.3 Å². The topological polar surface area (TPSA) is 203 Å². The molecule has 1 aliphatic heterocycles. The predicted octanol–water partition coefficient (Wildman–Crippen LogP) is 7.59. The molecule has 2 fully saturated rings. The van der Waals surface area contributed by atoms with Crippen molar-refractivity contribution in [1.29, 1.82) is 5.26 Å². The molecule has 16 nitrogen and oxygen atoms in total. The summed E-state index contributed by atoms with van der Waals surface area (Å²) in [6.07, 6.45) is 11.5.